The highest BCUT2D eigenvalue weighted by molar-refractivity contribution is 7.09. The third kappa shape index (κ3) is 7.15. The Morgan fingerprint density at radius 3 is 2.74 bits per heavy atom. The first-order chi connectivity index (χ1) is 9.24. The van der Waals surface area contributed by atoms with Crippen LogP contribution in [-0.4, -0.2) is 17.5 Å². The number of aromatic nitrogens is 1. The second-order valence-electron chi connectivity index (χ2n) is 4.76. The van der Waals surface area contributed by atoms with Crippen LogP contribution in [0, 0.1) is 6.92 Å². The molecule has 4 nitrogen and oxygen atoms in total. The fourth-order valence-corrected chi connectivity index (χ4v) is 2.51. The van der Waals surface area contributed by atoms with Crippen LogP contribution in [0.1, 0.15) is 56.0 Å². The lowest BCUT2D eigenvalue weighted by atomic mass is 10.1. The Morgan fingerprint density at radius 1 is 1.32 bits per heavy atom. The molecule has 0 unspecified atom stereocenters. The van der Waals surface area contributed by atoms with E-state index in [0.29, 0.717) is 12.5 Å². The van der Waals surface area contributed by atoms with E-state index in [9.17, 15) is 0 Å². The van der Waals surface area contributed by atoms with Crippen LogP contribution in [0.3, 0.4) is 0 Å². The number of nitrogens with zero attached hydrogens (tertiary/aromatic N) is 2. The molecule has 0 fully saturated rings. The molecule has 1 aromatic rings. The molecule has 1 aromatic heterocycles. The first-order valence-electron chi connectivity index (χ1n) is 7.16. The summed E-state index contributed by atoms with van der Waals surface area (Å²) in [6.45, 7) is 5.79. The minimum Gasteiger partial charge on any atom is -0.370 e. The summed E-state index contributed by atoms with van der Waals surface area (Å²) >= 11 is 1.63. The quantitative estimate of drug-likeness (QED) is 0.415. The fourth-order valence-electron chi connectivity index (χ4n) is 1.81. The first-order valence-corrected chi connectivity index (χ1v) is 8.04. The third-order valence-corrected chi connectivity index (χ3v) is 3.99. The molecule has 0 amide bonds. The molecular weight excluding hydrogens is 256 g/mol. The van der Waals surface area contributed by atoms with Crippen LogP contribution in [0.25, 0.3) is 0 Å². The van der Waals surface area contributed by atoms with Gasteiger partial charge in [0.25, 0.3) is 0 Å². The summed E-state index contributed by atoms with van der Waals surface area (Å²) in [4.78, 5) is 9.71. The minimum atomic E-state index is 0.543. The number of aryl methyl sites for hydroxylation is 1. The molecule has 108 valence electrons. The predicted molar refractivity (Wildman–Crippen MR) is 83.6 cm³/mol. The number of thiazole rings is 1. The van der Waals surface area contributed by atoms with Crippen molar-refractivity contribution in [3.63, 3.8) is 0 Å². The van der Waals surface area contributed by atoms with E-state index in [-0.39, 0.29) is 0 Å². The summed E-state index contributed by atoms with van der Waals surface area (Å²) in [7, 11) is 0. The van der Waals surface area contributed by atoms with Crippen molar-refractivity contribution in [2.45, 2.75) is 58.9 Å². The highest BCUT2D eigenvalue weighted by atomic mass is 32.1. The van der Waals surface area contributed by atoms with Crippen molar-refractivity contribution < 1.29 is 0 Å². The number of nitrogens with one attached hydrogen (secondary N) is 1. The van der Waals surface area contributed by atoms with Crippen molar-refractivity contribution in [2.75, 3.05) is 6.54 Å². The molecule has 0 atom stereocenters. The van der Waals surface area contributed by atoms with Crippen molar-refractivity contribution >= 4 is 17.3 Å². The summed E-state index contributed by atoms with van der Waals surface area (Å²) in [6.07, 6.45) is 7.77. The van der Waals surface area contributed by atoms with Crippen LogP contribution in [0.15, 0.2) is 10.5 Å². The Balaban J connectivity index is 2.07. The highest BCUT2D eigenvalue weighted by Crippen LogP contribution is 2.12. The summed E-state index contributed by atoms with van der Waals surface area (Å²) in [6, 6.07) is 0. The van der Waals surface area contributed by atoms with Crippen molar-refractivity contribution in [3.8, 4) is 0 Å². The van der Waals surface area contributed by atoms with Crippen LogP contribution in [-0.2, 0) is 6.54 Å². The van der Waals surface area contributed by atoms with Crippen LogP contribution in [0.4, 0.5) is 0 Å². The monoisotopic (exact) mass is 282 g/mol. The number of rotatable bonds is 9. The number of guanidine groups is 1. The maximum absolute atomic E-state index is 5.83. The zero-order chi connectivity index (χ0) is 13.9. The van der Waals surface area contributed by atoms with Gasteiger partial charge in [0, 0.05) is 11.4 Å². The van der Waals surface area contributed by atoms with Gasteiger partial charge in [-0.15, -0.1) is 11.3 Å². The Morgan fingerprint density at radius 2 is 2.05 bits per heavy atom. The van der Waals surface area contributed by atoms with Crippen molar-refractivity contribution in [3.05, 3.63) is 16.1 Å². The molecule has 1 rings (SSSR count). The highest BCUT2D eigenvalue weighted by Gasteiger charge is 2.00. The largest absolute Gasteiger partial charge is 0.370 e. The zero-order valence-corrected chi connectivity index (χ0v) is 12.9. The van der Waals surface area contributed by atoms with Gasteiger partial charge in [0.2, 0.25) is 0 Å². The van der Waals surface area contributed by atoms with Gasteiger partial charge in [-0.25, -0.2) is 9.98 Å². The Bertz CT molecular complexity index is 373. The third-order valence-electron chi connectivity index (χ3n) is 3.07. The van der Waals surface area contributed by atoms with Crippen LogP contribution < -0.4 is 11.1 Å². The first kappa shape index (κ1) is 16.0. The normalized spacial score (nSPS) is 11.8. The van der Waals surface area contributed by atoms with Gasteiger partial charge in [-0.2, -0.15) is 0 Å². The number of hydrogen-bond donors (Lipinski definition) is 2. The van der Waals surface area contributed by atoms with E-state index in [4.69, 9.17) is 5.73 Å². The molecule has 3 N–H and O–H groups in total. The molecule has 0 spiro atoms. The van der Waals surface area contributed by atoms with E-state index in [2.05, 4.69) is 22.2 Å². The van der Waals surface area contributed by atoms with Crippen molar-refractivity contribution in [1.29, 1.82) is 0 Å². The van der Waals surface area contributed by atoms with Crippen molar-refractivity contribution in [1.82, 2.24) is 10.3 Å². The Labute approximate surface area is 120 Å². The molecule has 0 aliphatic rings. The van der Waals surface area contributed by atoms with Crippen LogP contribution in [0.2, 0.25) is 0 Å². The standard InChI is InChI=1S/C14H26N4S/c1-3-4-5-6-7-8-9-16-14(15)17-10-13-12(2)18-11-19-13/h11H,3-10H2,1-2H3,(H3,15,16,17). The lowest BCUT2D eigenvalue weighted by molar-refractivity contribution is 0.601. The molecule has 0 aliphatic carbocycles. The Hall–Kier alpha value is -1.10. The summed E-state index contributed by atoms with van der Waals surface area (Å²) in [5.74, 6) is 0.543. The van der Waals surface area contributed by atoms with Gasteiger partial charge in [-0.3, -0.25) is 0 Å². The van der Waals surface area contributed by atoms with Gasteiger partial charge in [0.05, 0.1) is 17.7 Å². The molecule has 0 saturated heterocycles. The molecule has 0 saturated carbocycles. The summed E-state index contributed by atoms with van der Waals surface area (Å²) in [5, 5.41) is 3.17. The SMILES string of the molecule is CCCCCCCCNC(N)=NCc1scnc1C. The van der Waals surface area contributed by atoms with Gasteiger partial charge < -0.3 is 11.1 Å². The molecular formula is C14H26N4S. The summed E-state index contributed by atoms with van der Waals surface area (Å²) < 4.78 is 0. The van der Waals surface area contributed by atoms with Crippen LogP contribution >= 0.6 is 11.3 Å². The van der Waals surface area contributed by atoms with E-state index in [1.807, 2.05) is 12.4 Å². The van der Waals surface area contributed by atoms with E-state index in [1.165, 1.54) is 43.4 Å². The second kappa shape index (κ2) is 9.78. The molecule has 19 heavy (non-hydrogen) atoms. The average molecular weight is 282 g/mol. The maximum atomic E-state index is 5.83. The second-order valence-corrected chi connectivity index (χ2v) is 5.70. The van der Waals surface area contributed by atoms with E-state index in [0.717, 1.165) is 12.2 Å². The molecule has 0 aromatic carbocycles. The zero-order valence-electron chi connectivity index (χ0n) is 12.1. The predicted octanol–water partition coefficient (Wildman–Crippen LogP) is 3.22. The lowest BCUT2D eigenvalue weighted by Crippen LogP contribution is -2.32. The number of hydrogen-bond acceptors (Lipinski definition) is 3. The van der Waals surface area contributed by atoms with Gasteiger partial charge in [-0.1, -0.05) is 39.0 Å². The minimum absolute atomic E-state index is 0.543. The molecule has 5 heteroatoms. The van der Waals surface area contributed by atoms with Gasteiger partial charge in [0.15, 0.2) is 5.96 Å². The van der Waals surface area contributed by atoms with Gasteiger partial charge >= 0.3 is 0 Å². The van der Waals surface area contributed by atoms with E-state index in [1.54, 1.807) is 11.3 Å². The molecule has 0 bridgehead atoms. The van der Waals surface area contributed by atoms with Crippen molar-refractivity contribution in [2.24, 2.45) is 10.7 Å². The lowest BCUT2D eigenvalue weighted by Gasteiger charge is -2.05. The smallest absolute Gasteiger partial charge is 0.188 e. The number of nitrogens with two attached hydrogens (primary N) is 1. The van der Waals surface area contributed by atoms with Gasteiger partial charge in [-0.05, 0) is 13.3 Å². The van der Waals surface area contributed by atoms with Gasteiger partial charge in [0.1, 0.15) is 0 Å². The Kier molecular flexibility index (Phi) is 8.21. The van der Waals surface area contributed by atoms with E-state index < -0.39 is 0 Å². The fraction of sp³-hybridized carbons (Fsp3) is 0.714. The number of unbranched alkanes of at least 4 members (excludes halogenated alkanes) is 5. The number of aliphatic imine (C=N–C) groups is 1. The molecule has 0 radical (unpaired) electrons. The average Bonchev–Trinajstić information content (AvgIpc) is 2.81. The van der Waals surface area contributed by atoms with E-state index >= 15 is 0 Å². The summed E-state index contributed by atoms with van der Waals surface area (Å²) in [5.41, 5.74) is 8.73. The molecule has 0 aliphatic heterocycles. The topological polar surface area (TPSA) is 63.3 Å². The van der Waals surface area contributed by atoms with Crippen LogP contribution in [0.5, 0.6) is 0 Å². The molecule has 1 heterocycles. The maximum Gasteiger partial charge on any atom is 0.188 e.